The third kappa shape index (κ3) is 2.34. The number of aromatic nitrogens is 1. The molecule has 1 aromatic carbocycles. The van der Waals surface area contributed by atoms with Crippen molar-refractivity contribution in [2.24, 2.45) is 0 Å². The van der Waals surface area contributed by atoms with Crippen LogP contribution in [-0.2, 0) is 0 Å². The molecule has 0 atom stereocenters. The highest BCUT2D eigenvalue weighted by Gasteiger charge is 2.12. The fourth-order valence-corrected chi connectivity index (χ4v) is 2.20. The molecule has 3 nitrogen and oxygen atoms in total. The largest absolute Gasteiger partial charge is 0.497 e. The lowest BCUT2D eigenvalue weighted by atomic mass is 10.2. The van der Waals surface area contributed by atoms with Crippen LogP contribution in [0.2, 0.25) is 0 Å². The Kier molecular flexibility index (Phi) is 3.19. The van der Waals surface area contributed by atoms with E-state index in [1.807, 2.05) is 0 Å². The summed E-state index contributed by atoms with van der Waals surface area (Å²) in [6.45, 7) is 1.46. The second-order valence-electron chi connectivity index (χ2n) is 3.43. The molecule has 0 aliphatic rings. The van der Waals surface area contributed by atoms with Gasteiger partial charge in [0.1, 0.15) is 16.6 Å². The molecular formula is C12H10FNO2S. The first-order valence-electron chi connectivity index (χ1n) is 4.92. The van der Waals surface area contributed by atoms with Crippen molar-refractivity contribution in [1.82, 2.24) is 4.98 Å². The average molecular weight is 251 g/mol. The summed E-state index contributed by atoms with van der Waals surface area (Å²) in [4.78, 5) is 15.7. The molecule has 0 saturated heterocycles. The van der Waals surface area contributed by atoms with Gasteiger partial charge in [-0.3, -0.25) is 4.79 Å². The molecule has 2 aromatic rings. The van der Waals surface area contributed by atoms with E-state index in [4.69, 9.17) is 4.74 Å². The Labute approximate surface area is 102 Å². The summed E-state index contributed by atoms with van der Waals surface area (Å²) < 4.78 is 18.7. The predicted octanol–water partition coefficient (Wildman–Crippen LogP) is 3.16. The quantitative estimate of drug-likeness (QED) is 0.786. The van der Waals surface area contributed by atoms with Crippen LogP contribution >= 0.6 is 11.3 Å². The summed E-state index contributed by atoms with van der Waals surface area (Å²) in [5.41, 5.74) is 0.378. The molecule has 1 heterocycles. The van der Waals surface area contributed by atoms with Gasteiger partial charge in [-0.1, -0.05) is 0 Å². The highest BCUT2D eigenvalue weighted by molar-refractivity contribution is 7.16. The normalized spacial score (nSPS) is 10.3. The maximum atomic E-state index is 13.7. The minimum atomic E-state index is -0.409. The van der Waals surface area contributed by atoms with Crippen molar-refractivity contribution >= 4 is 17.1 Å². The fraction of sp³-hybridized carbons (Fsp3) is 0.167. The van der Waals surface area contributed by atoms with E-state index in [9.17, 15) is 9.18 Å². The van der Waals surface area contributed by atoms with Crippen LogP contribution in [0.15, 0.2) is 24.4 Å². The predicted molar refractivity (Wildman–Crippen MR) is 64.1 cm³/mol. The number of nitrogens with zero attached hydrogens (tertiary/aromatic N) is 1. The Morgan fingerprint density at radius 3 is 2.76 bits per heavy atom. The number of halogens is 1. The smallest absolute Gasteiger partial charge is 0.171 e. The molecule has 0 fully saturated rings. The average Bonchev–Trinajstić information content (AvgIpc) is 2.78. The molecule has 0 spiro atoms. The van der Waals surface area contributed by atoms with E-state index < -0.39 is 5.82 Å². The first-order valence-corrected chi connectivity index (χ1v) is 5.74. The molecule has 0 unspecified atom stereocenters. The molecule has 0 amide bonds. The van der Waals surface area contributed by atoms with E-state index in [2.05, 4.69) is 4.98 Å². The molecule has 0 aliphatic heterocycles. The lowest BCUT2D eigenvalue weighted by molar-refractivity contribution is 0.102. The Morgan fingerprint density at radius 1 is 1.47 bits per heavy atom. The number of ketones is 1. The molecule has 0 N–H and O–H groups in total. The van der Waals surface area contributed by atoms with Gasteiger partial charge in [-0.25, -0.2) is 9.37 Å². The summed E-state index contributed by atoms with van der Waals surface area (Å²) in [6.07, 6.45) is 1.46. The lowest BCUT2D eigenvalue weighted by Gasteiger charge is -2.02. The fourth-order valence-electron chi connectivity index (χ4n) is 1.36. The Morgan fingerprint density at radius 2 is 2.24 bits per heavy atom. The molecular weight excluding hydrogens is 241 g/mol. The number of hydrogen-bond donors (Lipinski definition) is 0. The van der Waals surface area contributed by atoms with Gasteiger partial charge in [0.15, 0.2) is 5.78 Å². The number of methoxy groups -OCH3 is 1. The number of ether oxygens (including phenoxy) is 1. The second kappa shape index (κ2) is 4.63. The molecule has 1 aromatic heterocycles. The van der Waals surface area contributed by atoms with Crippen LogP contribution < -0.4 is 4.74 Å². The minimum Gasteiger partial charge on any atom is -0.497 e. The van der Waals surface area contributed by atoms with Crippen LogP contribution in [0.25, 0.3) is 10.6 Å². The van der Waals surface area contributed by atoms with E-state index in [1.54, 1.807) is 12.1 Å². The zero-order valence-electron chi connectivity index (χ0n) is 9.36. The van der Waals surface area contributed by atoms with Crippen molar-refractivity contribution in [3.8, 4) is 16.3 Å². The SMILES string of the molecule is COc1ccc(-c2ncc(C(C)=O)s2)c(F)c1. The molecule has 0 saturated carbocycles. The van der Waals surface area contributed by atoms with Gasteiger partial charge in [-0.2, -0.15) is 0 Å². The molecule has 0 radical (unpaired) electrons. The van der Waals surface area contributed by atoms with Crippen molar-refractivity contribution in [2.75, 3.05) is 7.11 Å². The topological polar surface area (TPSA) is 39.2 Å². The van der Waals surface area contributed by atoms with Gasteiger partial charge in [-0.15, -0.1) is 11.3 Å². The third-order valence-corrected chi connectivity index (χ3v) is 3.39. The maximum absolute atomic E-state index is 13.7. The summed E-state index contributed by atoms with van der Waals surface area (Å²) in [7, 11) is 1.48. The summed E-state index contributed by atoms with van der Waals surface area (Å²) in [6, 6.07) is 4.55. The van der Waals surface area contributed by atoms with Crippen LogP contribution in [0, 0.1) is 5.82 Å². The van der Waals surface area contributed by atoms with Gasteiger partial charge in [0.25, 0.3) is 0 Å². The number of thiazole rings is 1. The molecule has 88 valence electrons. The number of rotatable bonds is 3. The lowest BCUT2D eigenvalue weighted by Crippen LogP contribution is -1.87. The van der Waals surface area contributed by atoms with E-state index in [0.717, 1.165) is 0 Å². The first kappa shape index (κ1) is 11.7. The monoisotopic (exact) mass is 251 g/mol. The van der Waals surface area contributed by atoms with Gasteiger partial charge >= 0.3 is 0 Å². The first-order chi connectivity index (χ1) is 8.11. The van der Waals surface area contributed by atoms with Gasteiger partial charge in [0.05, 0.1) is 12.0 Å². The molecule has 0 bridgehead atoms. The molecule has 17 heavy (non-hydrogen) atoms. The summed E-state index contributed by atoms with van der Waals surface area (Å²) >= 11 is 1.18. The van der Waals surface area contributed by atoms with Crippen molar-refractivity contribution in [1.29, 1.82) is 0 Å². The zero-order chi connectivity index (χ0) is 12.4. The van der Waals surface area contributed by atoms with Gasteiger partial charge in [0.2, 0.25) is 0 Å². The Hall–Kier alpha value is -1.75. The Bertz CT molecular complexity index is 565. The molecule has 0 aliphatic carbocycles. The van der Waals surface area contributed by atoms with Gasteiger partial charge in [0, 0.05) is 24.8 Å². The zero-order valence-corrected chi connectivity index (χ0v) is 10.2. The number of hydrogen-bond acceptors (Lipinski definition) is 4. The van der Waals surface area contributed by atoms with E-state index >= 15 is 0 Å². The van der Waals surface area contributed by atoms with Crippen LogP contribution in [-0.4, -0.2) is 17.9 Å². The second-order valence-corrected chi connectivity index (χ2v) is 4.46. The van der Waals surface area contributed by atoms with Crippen LogP contribution in [0.4, 0.5) is 4.39 Å². The maximum Gasteiger partial charge on any atom is 0.171 e. The van der Waals surface area contributed by atoms with Crippen LogP contribution in [0.5, 0.6) is 5.75 Å². The highest BCUT2D eigenvalue weighted by atomic mass is 32.1. The number of benzene rings is 1. The highest BCUT2D eigenvalue weighted by Crippen LogP contribution is 2.29. The number of carbonyl (C=O) groups excluding carboxylic acids is 1. The summed E-state index contributed by atoms with van der Waals surface area (Å²) in [5.74, 6) is -0.0222. The van der Waals surface area contributed by atoms with Gasteiger partial charge in [-0.05, 0) is 12.1 Å². The van der Waals surface area contributed by atoms with E-state index in [0.29, 0.717) is 21.2 Å². The van der Waals surface area contributed by atoms with Crippen molar-refractivity contribution in [2.45, 2.75) is 6.92 Å². The van der Waals surface area contributed by atoms with Gasteiger partial charge < -0.3 is 4.74 Å². The standard InChI is InChI=1S/C12H10FNO2S/c1-7(15)11-6-14-12(17-11)9-4-3-8(16-2)5-10(9)13/h3-6H,1-2H3. The van der Waals surface area contributed by atoms with Crippen LogP contribution in [0.3, 0.4) is 0 Å². The van der Waals surface area contributed by atoms with Crippen LogP contribution in [0.1, 0.15) is 16.6 Å². The minimum absolute atomic E-state index is 0.0670. The number of Topliss-reactive ketones (excluding diaryl/α,β-unsaturated/α-hetero) is 1. The third-order valence-electron chi connectivity index (χ3n) is 2.26. The summed E-state index contributed by atoms with van der Waals surface area (Å²) in [5, 5.41) is 0.496. The Balaban J connectivity index is 2.42. The molecule has 5 heteroatoms. The van der Waals surface area contributed by atoms with Crippen molar-refractivity contribution in [3.05, 3.63) is 35.1 Å². The van der Waals surface area contributed by atoms with E-state index in [-0.39, 0.29) is 5.78 Å². The van der Waals surface area contributed by atoms with E-state index in [1.165, 1.54) is 37.6 Å². The van der Waals surface area contributed by atoms with Crippen molar-refractivity contribution < 1.29 is 13.9 Å². The molecule has 2 rings (SSSR count). The number of carbonyl (C=O) groups is 1. The van der Waals surface area contributed by atoms with Crippen molar-refractivity contribution in [3.63, 3.8) is 0 Å².